The van der Waals surface area contributed by atoms with Gasteiger partial charge in [0, 0.05) is 13.1 Å². The van der Waals surface area contributed by atoms with Crippen LogP contribution >= 0.6 is 0 Å². The second kappa shape index (κ2) is 5.64. The average Bonchev–Trinajstić information content (AvgIpc) is 2.61. The van der Waals surface area contributed by atoms with Crippen molar-refractivity contribution in [3.63, 3.8) is 0 Å². The molecule has 2 atom stereocenters. The Balaban J connectivity index is 2.41. The highest BCUT2D eigenvalue weighted by Crippen LogP contribution is 2.17. The average molecular weight is 228 g/mol. The molecular weight excluding hydrogens is 204 g/mol. The quantitative estimate of drug-likeness (QED) is 0.716. The largest absolute Gasteiger partial charge is 0.480 e. The number of nitrogens with zero attached hydrogens (tertiary/aromatic N) is 1. The van der Waals surface area contributed by atoms with Crippen molar-refractivity contribution < 1.29 is 9.90 Å². The predicted octanol–water partition coefficient (Wildman–Crippen LogP) is 1.17. The van der Waals surface area contributed by atoms with E-state index >= 15 is 0 Å². The molecule has 2 N–H and O–H groups in total. The van der Waals surface area contributed by atoms with Crippen molar-refractivity contribution >= 4 is 5.97 Å². The van der Waals surface area contributed by atoms with E-state index in [4.69, 9.17) is 0 Å². The Morgan fingerprint density at radius 2 is 2.31 bits per heavy atom. The summed E-state index contributed by atoms with van der Waals surface area (Å²) in [5, 5.41) is 12.4. The number of carboxylic acids is 1. The van der Waals surface area contributed by atoms with Gasteiger partial charge in [-0.05, 0) is 39.3 Å². The van der Waals surface area contributed by atoms with Crippen LogP contribution in [0.2, 0.25) is 0 Å². The van der Waals surface area contributed by atoms with Gasteiger partial charge in [-0.25, -0.2) is 0 Å². The molecule has 0 aromatic rings. The third kappa shape index (κ3) is 3.46. The molecule has 0 spiro atoms. The minimum absolute atomic E-state index is 0.598. The van der Waals surface area contributed by atoms with Gasteiger partial charge >= 0.3 is 5.97 Å². The van der Waals surface area contributed by atoms with Gasteiger partial charge in [-0.15, -0.1) is 0 Å². The Kier molecular flexibility index (Phi) is 4.74. The normalized spacial score (nSPS) is 25.6. The predicted molar refractivity (Wildman–Crippen MR) is 64.6 cm³/mol. The van der Waals surface area contributed by atoms with E-state index in [0.29, 0.717) is 12.3 Å². The fourth-order valence-corrected chi connectivity index (χ4v) is 2.33. The van der Waals surface area contributed by atoms with Gasteiger partial charge in [-0.2, -0.15) is 0 Å². The summed E-state index contributed by atoms with van der Waals surface area (Å²) >= 11 is 0. The summed E-state index contributed by atoms with van der Waals surface area (Å²) in [4.78, 5) is 13.5. The number of carboxylic acid groups (broad SMARTS) is 1. The lowest BCUT2D eigenvalue weighted by Gasteiger charge is -2.27. The van der Waals surface area contributed by atoms with Gasteiger partial charge in [0.05, 0.1) is 0 Å². The van der Waals surface area contributed by atoms with Crippen LogP contribution in [0.4, 0.5) is 0 Å². The van der Waals surface area contributed by atoms with Crippen LogP contribution in [0.15, 0.2) is 0 Å². The Morgan fingerprint density at radius 3 is 2.75 bits per heavy atom. The Hall–Kier alpha value is -0.610. The first kappa shape index (κ1) is 13.5. The lowest BCUT2D eigenvalue weighted by atomic mass is 9.95. The molecule has 0 aromatic heterocycles. The van der Waals surface area contributed by atoms with Gasteiger partial charge in [0.2, 0.25) is 0 Å². The Morgan fingerprint density at radius 1 is 1.62 bits per heavy atom. The minimum atomic E-state index is -0.754. The summed E-state index contributed by atoms with van der Waals surface area (Å²) in [5.74, 6) is -0.138. The van der Waals surface area contributed by atoms with Crippen molar-refractivity contribution in [2.75, 3.05) is 26.7 Å². The zero-order chi connectivity index (χ0) is 12.2. The van der Waals surface area contributed by atoms with E-state index < -0.39 is 11.5 Å². The molecule has 4 heteroatoms. The SMILES string of the molecule is CCCC(C)(NCC1CCN(C)C1)C(=O)O. The molecule has 1 fully saturated rings. The zero-order valence-electron chi connectivity index (χ0n) is 10.6. The van der Waals surface area contributed by atoms with Crippen LogP contribution < -0.4 is 5.32 Å². The lowest BCUT2D eigenvalue weighted by Crippen LogP contribution is -2.51. The standard InChI is InChI=1S/C12H24N2O2/c1-4-6-12(2,11(15)16)13-8-10-5-7-14(3)9-10/h10,13H,4-9H2,1-3H3,(H,15,16). The van der Waals surface area contributed by atoms with E-state index in [1.807, 2.05) is 6.92 Å². The van der Waals surface area contributed by atoms with E-state index in [-0.39, 0.29) is 0 Å². The van der Waals surface area contributed by atoms with Gasteiger partial charge in [-0.3, -0.25) is 4.79 Å². The maximum absolute atomic E-state index is 11.2. The first-order valence-corrected chi connectivity index (χ1v) is 6.15. The molecule has 2 unspecified atom stereocenters. The molecule has 0 aromatic carbocycles. The molecule has 1 aliphatic rings. The number of aliphatic carboxylic acids is 1. The second-order valence-electron chi connectivity index (χ2n) is 5.19. The van der Waals surface area contributed by atoms with Crippen LogP contribution in [-0.2, 0) is 4.79 Å². The third-order valence-electron chi connectivity index (χ3n) is 3.49. The number of likely N-dealkylation sites (tertiary alicyclic amines) is 1. The van der Waals surface area contributed by atoms with Crippen molar-refractivity contribution in [1.82, 2.24) is 10.2 Å². The molecule has 1 heterocycles. The van der Waals surface area contributed by atoms with E-state index in [1.54, 1.807) is 6.92 Å². The highest BCUT2D eigenvalue weighted by molar-refractivity contribution is 5.78. The van der Waals surface area contributed by atoms with Crippen molar-refractivity contribution in [3.05, 3.63) is 0 Å². The van der Waals surface area contributed by atoms with E-state index in [1.165, 1.54) is 6.42 Å². The number of rotatable bonds is 6. The van der Waals surface area contributed by atoms with Crippen molar-refractivity contribution in [3.8, 4) is 0 Å². The minimum Gasteiger partial charge on any atom is -0.480 e. The molecular formula is C12H24N2O2. The van der Waals surface area contributed by atoms with Gasteiger partial charge in [-0.1, -0.05) is 13.3 Å². The summed E-state index contributed by atoms with van der Waals surface area (Å²) in [7, 11) is 2.11. The molecule has 0 bridgehead atoms. The maximum Gasteiger partial charge on any atom is 0.323 e. The topological polar surface area (TPSA) is 52.6 Å². The van der Waals surface area contributed by atoms with Gasteiger partial charge < -0.3 is 15.3 Å². The van der Waals surface area contributed by atoms with E-state index in [9.17, 15) is 9.90 Å². The summed E-state index contributed by atoms with van der Waals surface area (Å²) in [6, 6.07) is 0. The Labute approximate surface area is 98.0 Å². The molecule has 4 nitrogen and oxygen atoms in total. The van der Waals surface area contributed by atoms with Gasteiger partial charge in [0.25, 0.3) is 0 Å². The van der Waals surface area contributed by atoms with Crippen LogP contribution in [0.3, 0.4) is 0 Å². The number of nitrogens with one attached hydrogen (secondary N) is 1. The summed E-state index contributed by atoms with van der Waals surface area (Å²) in [5.41, 5.74) is -0.754. The van der Waals surface area contributed by atoms with Crippen LogP contribution in [0, 0.1) is 5.92 Å². The van der Waals surface area contributed by atoms with Crippen molar-refractivity contribution in [2.45, 2.75) is 38.6 Å². The number of carbonyl (C=O) groups is 1. The highest BCUT2D eigenvalue weighted by Gasteiger charge is 2.32. The smallest absolute Gasteiger partial charge is 0.323 e. The molecule has 0 radical (unpaired) electrons. The van der Waals surface area contributed by atoms with Crippen molar-refractivity contribution in [2.24, 2.45) is 5.92 Å². The fraction of sp³-hybridized carbons (Fsp3) is 0.917. The number of hydrogen-bond acceptors (Lipinski definition) is 3. The fourth-order valence-electron chi connectivity index (χ4n) is 2.33. The van der Waals surface area contributed by atoms with E-state index in [0.717, 1.165) is 26.1 Å². The molecule has 94 valence electrons. The molecule has 0 aliphatic carbocycles. The molecule has 16 heavy (non-hydrogen) atoms. The van der Waals surface area contributed by atoms with Gasteiger partial charge in [0.15, 0.2) is 0 Å². The lowest BCUT2D eigenvalue weighted by molar-refractivity contribution is -0.144. The maximum atomic E-state index is 11.2. The number of hydrogen-bond donors (Lipinski definition) is 2. The first-order chi connectivity index (χ1) is 7.48. The van der Waals surface area contributed by atoms with Crippen LogP contribution in [0.5, 0.6) is 0 Å². The molecule has 1 saturated heterocycles. The summed E-state index contributed by atoms with van der Waals surface area (Å²) in [6.07, 6.45) is 2.75. The van der Waals surface area contributed by atoms with Gasteiger partial charge in [0.1, 0.15) is 5.54 Å². The molecule has 0 saturated carbocycles. The summed E-state index contributed by atoms with van der Waals surface area (Å²) in [6.45, 7) is 6.83. The molecule has 1 rings (SSSR count). The third-order valence-corrected chi connectivity index (χ3v) is 3.49. The second-order valence-corrected chi connectivity index (χ2v) is 5.19. The van der Waals surface area contributed by atoms with Crippen molar-refractivity contribution in [1.29, 1.82) is 0 Å². The Bertz CT molecular complexity index is 245. The highest BCUT2D eigenvalue weighted by atomic mass is 16.4. The molecule has 1 aliphatic heterocycles. The van der Waals surface area contributed by atoms with E-state index in [2.05, 4.69) is 17.3 Å². The summed E-state index contributed by atoms with van der Waals surface area (Å²) < 4.78 is 0. The first-order valence-electron chi connectivity index (χ1n) is 6.15. The van der Waals surface area contributed by atoms with Crippen LogP contribution in [-0.4, -0.2) is 48.2 Å². The van der Waals surface area contributed by atoms with Crippen LogP contribution in [0.25, 0.3) is 0 Å². The monoisotopic (exact) mass is 228 g/mol. The van der Waals surface area contributed by atoms with Crippen LogP contribution in [0.1, 0.15) is 33.1 Å². The molecule has 0 amide bonds. The zero-order valence-corrected chi connectivity index (χ0v) is 10.6.